The van der Waals surface area contributed by atoms with Crippen LogP contribution in [-0.2, 0) is 0 Å². The number of H-pyrrole nitrogens is 2. The molecule has 0 amide bonds. The summed E-state index contributed by atoms with van der Waals surface area (Å²) in [6, 6.07) is 4.71. The van der Waals surface area contributed by atoms with Crippen LogP contribution < -0.4 is 5.69 Å². The molecule has 0 unspecified atom stereocenters. The number of aromatic amines is 2. The van der Waals surface area contributed by atoms with Crippen molar-refractivity contribution in [1.29, 1.82) is 0 Å². The fourth-order valence-corrected chi connectivity index (χ4v) is 1.64. The van der Waals surface area contributed by atoms with Gasteiger partial charge in [-0.3, -0.25) is 4.98 Å². The normalized spacial score (nSPS) is 10.5. The molecular weight excluding hydrogens is 264 g/mol. The van der Waals surface area contributed by atoms with Gasteiger partial charge >= 0.3 is 5.69 Å². The Morgan fingerprint density at radius 2 is 1.93 bits per heavy atom. The predicted molar refractivity (Wildman–Crippen MR) is 57.9 cm³/mol. The van der Waals surface area contributed by atoms with E-state index in [0.29, 0.717) is 5.56 Å². The van der Waals surface area contributed by atoms with Gasteiger partial charge in [0, 0.05) is 10.0 Å². The maximum Gasteiger partial charge on any atom is 0.326 e. The third-order valence-electron chi connectivity index (χ3n) is 1.94. The van der Waals surface area contributed by atoms with Crippen molar-refractivity contribution in [3.63, 3.8) is 0 Å². The molecule has 0 aliphatic heterocycles. The zero-order valence-corrected chi connectivity index (χ0v) is 9.00. The third-order valence-corrected chi connectivity index (χ3v) is 2.43. The number of phenolic OH excluding ortho intramolecular Hbond substituents is 1. The fourth-order valence-electron chi connectivity index (χ4n) is 1.28. The molecule has 78 valence electrons. The topological polar surface area (TPSA) is 89.1 Å². The minimum Gasteiger partial charge on any atom is -0.507 e. The molecule has 4 N–H and O–H groups in total. The van der Waals surface area contributed by atoms with Crippen LogP contribution in [0.4, 0.5) is 0 Å². The van der Waals surface area contributed by atoms with Crippen LogP contribution in [0.15, 0.2) is 27.5 Å². The number of imidazole rings is 1. The Labute approximate surface area is 92.5 Å². The average molecular weight is 271 g/mol. The first-order chi connectivity index (χ1) is 7.08. The highest BCUT2D eigenvalue weighted by molar-refractivity contribution is 9.10. The zero-order valence-electron chi connectivity index (χ0n) is 7.41. The van der Waals surface area contributed by atoms with Gasteiger partial charge in [0.15, 0.2) is 0 Å². The molecule has 0 aliphatic rings. The number of phenols is 1. The number of nitrogens with one attached hydrogen (secondary N) is 2. The zero-order chi connectivity index (χ0) is 11.0. The average Bonchev–Trinajstić information content (AvgIpc) is 2.50. The van der Waals surface area contributed by atoms with Gasteiger partial charge in [-0.15, -0.1) is 0 Å². The SMILES string of the molecule is O=c1[nH]c(O)c(-c2cc(Br)ccc2O)[nH]1. The molecule has 1 aromatic carbocycles. The Morgan fingerprint density at radius 1 is 1.20 bits per heavy atom. The third kappa shape index (κ3) is 1.75. The number of rotatable bonds is 1. The van der Waals surface area contributed by atoms with Gasteiger partial charge < -0.3 is 15.2 Å². The van der Waals surface area contributed by atoms with Crippen LogP contribution in [0.2, 0.25) is 0 Å². The first-order valence-electron chi connectivity index (χ1n) is 4.08. The molecule has 0 radical (unpaired) electrons. The lowest BCUT2D eigenvalue weighted by atomic mass is 10.1. The molecule has 6 heteroatoms. The van der Waals surface area contributed by atoms with Crippen LogP contribution >= 0.6 is 15.9 Å². The second-order valence-corrected chi connectivity index (χ2v) is 3.88. The first-order valence-corrected chi connectivity index (χ1v) is 4.87. The molecule has 0 saturated carbocycles. The summed E-state index contributed by atoms with van der Waals surface area (Å²) in [5.41, 5.74) is -0.0131. The lowest BCUT2D eigenvalue weighted by molar-refractivity contribution is 0.455. The Bertz CT molecular complexity index is 559. The van der Waals surface area contributed by atoms with Gasteiger partial charge in [0.1, 0.15) is 11.4 Å². The maximum absolute atomic E-state index is 10.9. The van der Waals surface area contributed by atoms with E-state index in [1.807, 2.05) is 0 Å². The van der Waals surface area contributed by atoms with E-state index in [-0.39, 0.29) is 17.3 Å². The lowest BCUT2D eigenvalue weighted by Crippen LogP contribution is -2.00. The maximum atomic E-state index is 10.9. The molecule has 0 atom stereocenters. The van der Waals surface area contributed by atoms with Crippen molar-refractivity contribution in [3.8, 4) is 22.9 Å². The molecule has 0 aliphatic carbocycles. The van der Waals surface area contributed by atoms with Gasteiger partial charge in [-0.25, -0.2) is 4.79 Å². The highest BCUT2D eigenvalue weighted by Crippen LogP contribution is 2.33. The van der Waals surface area contributed by atoms with Crippen LogP contribution in [-0.4, -0.2) is 20.2 Å². The largest absolute Gasteiger partial charge is 0.507 e. The molecule has 0 saturated heterocycles. The van der Waals surface area contributed by atoms with Gasteiger partial charge in [0.2, 0.25) is 5.88 Å². The van der Waals surface area contributed by atoms with Gasteiger partial charge in [-0.2, -0.15) is 0 Å². The molecule has 0 fully saturated rings. The Kier molecular flexibility index (Phi) is 2.28. The monoisotopic (exact) mass is 270 g/mol. The molecule has 2 rings (SSSR count). The van der Waals surface area contributed by atoms with Crippen molar-refractivity contribution in [2.75, 3.05) is 0 Å². The van der Waals surface area contributed by atoms with Crippen LogP contribution in [0.3, 0.4) is 0 Å². The molecule has 0 spiro atoms. The van der Waals surface area contributed by atoms with E-state index < -0.39 is 5.69 Å². The van der Waals surface area contributed by atoms with E-state index in [4.69, 9.17) is 0 Å². The summed E-state index contributed by atoms with van der Waals surface area (Å²) >= 11 is 3.23. The second kappa shape index (κ2) is 3.47. The number of aromatic nitrogens is 2. The molecule has 0 bridgehead atoms. The number of aromatic hydroxyl groups is 2. The van der Waals surface area contributed by atoms with Crippen molar-refractivity contribution >= 4 is 15.9 Å². The minimum atomic E-state index is -0.526. The smallest absolute Gasteiger partial charge is 0.326 e. The van der Waals surface area contributed by atoms with Crippen molar-refractivity contribution in [2.45, 2.75) is 0 Å². The van der Waals surface area contributed by atoms with Gasteiger partial charge in [-0.1, -0.05) is 15.9 Å². The number of halogens is 1. The summed E-state index contributed by atoms with van der Waals surface area (Å²) in [4.78, 5) is 15.5. The van der Waals surface area contributed by atoms with E-state index >= 15 is 0 Å². The molecule has 2 aromatic rings. The van der Waals surface area contributed by atoms with Gasteiger partial charge in [0.05, 0.1) is 0 Å². The summed E-state index contributed by atoms with van der Waals surface area (Å²) in [7, 11) is 0. The number of hydrogen-bond donors (Lipinski definition) is 4. The Hall–Kier alpha value is -1.69. The van der Waals surface area contributed by atoms with Crippen LogP contribution in [0.5, 0.6) is 11.6 Å². The highest BCUT2D eigenvalue weighted by atomic mass is 79.9. The van der Waals surface area contributed by atoms with E-state index in [9.17, 15) is 15.0 Å². The molecule has 1 heterocycles. The Balaban J connectivity index is 2.68. The molecule has 15 heavy (non-hydrogen) atoms. The molecule has 1 aromatic heterocycles. The highest BCUT2D eigenvalue weighted by Gasteiger charge is 2.12. The lowest BCUT2D eigenvalue weighted by Gasteiger charge is -2.02. The van der Waals surface area contributed by atoms with Crippen molar-refractivity contribution in [3.05, 3.63) is 33.2 Å². The standard InChI is InChI=1S/C9H7BrN2O3/c10-4-1-2-6(13)5(3-4)7-8(14)12-9(15)11-7/h1-3,13-14H,(H2,11,12,15). The van der Waals surface area contributed by atoms with Crippen molar-refractivity contribution < 1.29 is 10.2 Å². The fraction of sp³-hybridized carbons (Fsp3) is 0. The molecule has 5 nitrogen and oxygen atoms in total. The molecular formula is C9H7BrN2O3. The first kappa shape index (κ1) is 9.85. The quantitative estimate of drug-likeness (QED) is 0.634. The van der Waals surface area contributed by atoms with Crippen LogP contribution in [0.25, 0.3) is 11.3 Å². The number of benzene rings is 1. The Morgan fingerprint density at radius 3 is 2.53 bits per heavy atom. The van der Waals surface area contributed by atoms with Crippen molar-refractivity contribution in [2.24, 2.45) is 0 Å². The summed E-state index contributed by atoms with van der Waals surface area (Å²) in [5.74, 6) is -0.322. The van der Waals surface area contributed by atoms with Gasteiger partial charge in [0.25, 0.3) is 0 Å². The summed E-state index contributed by atoms with van der Waals surface area (Å²) in [6.45, 7) is 0. The van der Waals surface area contributed by atoms with E-state index in [2.05, 4.69) is 25.9 Å². The summed E-state index contributed by atoms with van der Waals surface area (Å²) in [5, 5.41) is 18.9. The summed E-state index contributed by atoms with van der Waals surface area (Å²) in [6.07, 6.45) is 0. The minimum absolute atomic E-state index is 0.0243. The van der Waals surface area contributed by atoms with E-state index in [1.54, 1.807) is 12.1 Å². The van der Waals surface area contributed by atoms with E-state index in [0.717, 1.165) is 4.47 Å². The van der Waals surface area contributed by atoms with E-state index in [1.165, 1.54) is 6.07 Å². The van der Waals surface area contributed by atoms with Gasteiger partial charge in [-0.05, 0) is 18.2 Å². The predicted octanol–water partition coefficient (Wildman–Crippen LogP) is 1.54. The van der Waals surface area contributed by atoms with Crippen LogP contribution in [0.1, 0.15) is 0 Å². The summed E-state index contributed by atoms with van der Waals surface area (Å²) < 4.78 is 0.733. The van der Waals surface area contributed by atoms with Crippen molar-refractivity contribution in [1.82, 2.24) is 9.97 Å². The number of hydrogen-bond acceptors (Lipinski definition) is 3. The van der Waals surface area contributed by atoms with Crippen LogP contribution in [0, 0.1) is 0 Å². The second-order valence-electron chi connectivity index (χ2n) is 2.96.